The maximum absolute atomic E-state index is 6.68. The summed E-state index contributed by atoms with van der Waals surface area (Å²) >= 11 is 13.4. The van der Waals surface area contributed by atoms with Gasteiger partial charge in [0.1, 0.15) is 11.5 Å². The zero-order chi connectivity index (χ0) is 25.8. The van der Waals surface area contributed by atoms with Gasteiger partial charge in [-0.1, -0.05) is 64.7 Å². The van der Waals surface area contributed by atoms with Crippen molar-refractivity contribution in [1.82, 2.24) is 4.67 Å². The second-order valence-corrected chi connectivity index (χ2v) is 13.6. The SMILES string of the molecule is COCOc1c(P(c2cc(Cl)cc(C(C)(C)C)c2OCOC)N(C)C)cc(Cl)cc1C(C)(C)C. The molecule has 0 saturated heterocycles. The number of rotatable bonds is 9. The van der Waals surface area contributed by atoms with Gasteiger partial charge in [0, 0.05) is 54.1 Å². The van der Waals surface area contributed by atoms with E-state index >= 15 is 0 Å². The highest BCUT2D eigenvalue weighted by molar-refractivity contribution is 7.71. The minimum atomic E-state index is -1.14. The molecule has 0 N–H and O–H groups in total. The maximum Gasteiger partial charge on any atom is 0.188 e. The van der Waals surface area contributed by atoms with Crippen LogP contribution in [0.4, 0.5) is 0 Å². The lowest BCUT2D eigenvalue weighted by atomic mass is 9.86. The molecule has 0 bridgehead atoms. The Hall–Kier alpha value is -1.07. The Morgan fingerprint density at radius 2 is 1.06 bits per heavy atom. The largest absolute Gasteiger partial charge is 0.467 e. The normalized spacial score (nSPS) is 12.5. The van der Waals surface area contributed by atoms with Gasteiger partial charge < -0.3 is 18.9 Å². The molecular weight excluding hydrogens is 492 g/mol. The smallest absolute Gasteiger partial charge is 0.188 e. The molecule has 0 saturated carbocycles. The summed E-state index contributed by atoms with van der Waals surface area (Å²) in [6, 6.07) is 7.90. The molecule has 0 aliphatic heterocycles. The molecule has 0 amide bonds. The molecular formula is C26H38Cl2NO4P. The van der Waals surface area contributed by atoms with E-state index in [1.165, 1.54) is 0 Å². The molecule has 190 valence electrons. The van der Waals surface area contributed by atoms with Crippen molar-refractivity contribution in [2.75, 3.05) is 41.9 Å². The lowest BCUT2D eigenvalue weighted by Gasteiger charge is -2.33. The quantitative estimate of drug-likeness (QED) is 0.275. The lowest BCUT2D eigenvalue weighted by molar-refractivity contribution is 0.0505. The molecule has 0 heterocycles. The van der Waals surface area contributed by atoms with Crippen molar-refractivity contribution >= 4 is 41.9 Å². The summed E-state index contributed by atoms with van der Waals surface area (Å²) in [4.78, 5) is 0. The monoisotopic (exact) mass is 529 g/mol. The average molecular weight is 530 g/mol. The summed E-state index contributed by atoms with van der Waals surface area (Å²) in [5.74, 6) is 1.54. The Kier molecular flexibility index (Phi) is 10.1. The first kappa shape index (κ1) is 29.2. The highest BCUT2D eigenvalue weighted by atomic mass is 35.5. The van der Waals surface area contributed by atoms with Crippen LogP contribution in [0.3, 0.4) is 0 Å². The van der Waals surface area contributed by atoms with E-state index in [2.05, 4.69) is 46.2 Å². The Bertz CT molecular complexity index is 909. The highest BCUT2D eigenvalue weighted by Gasteiger charge is 2.33. The number of benzene rings is 2. The summed E-state index contributed by atoms with van der Waals surface area (Å²) in [6.07, 6.45) is 0. The topological polar surface area (TPSA) is 40.2 Å². The van der Waals surface area contributed by atoms with E-state index in [1.807, 2.05) is 38.4 Å². The van der Waals surface area contributed by atoms with Crippen LogP contribution >= 0.6 is 31.3 Å². The van der Waals surface area contributed by atoms with Crippen LogP contribution in [0.5, 0.6) is 11.5 Å². The van der Waals surface area contributed by atoms with Crippen molar-refractivity contribution in [3.05, 3.63) is 45.4 Å². The van der Waals surface area contributed by atoms with Crippen molar-refractivity contribution in [3.63, 3.8) is 0 Å². The van der Waals surface area contributed by atoms with Crippen molar-refractivity contribution < 1.29 is 18.9 Å². The fourth-order valence-electron chi connectivity index (χ4n) is 3.69. The lowest BCUT2D eigenvalue weighted by Crippen LogP contribution is -2.29. The predicted octanol–water partition coefficient (Wildman–Crippen LogP) is 6.46. The summed E-state index contributed by atoms with van der Waals surface area (Å²) in [5, 5.41) is 3.24. The molecule has 34 heavy (non-hydrogen) atoms. The fraction of sp³-hybridized carbons (Fsp3) is 0.538. The molecule has 0 aliphatic rings. The molecule has 0 spiro atoms. The van der Waals surface area contributed by atoms with E-state index in [9.17, 15) is 0 Å². The third-order valence-corrected chi connectivity index (χ3v) is 8.00. The van der Waals surface area contributed by atoms with Crippen LogP contribution in [-0.4, -0.2) is 46.6 Å². The Balaban J connectivity index is 2.94. The average Bonchev–Trinajstić information content (AvgIpc) is 2.70. The molecule has 0 aromatic heterocycles. The Morgan fingerprint density at radius 3 is 1.32 bits per heavy atom. The molecule has 2 rings (SSSR count). The van der Waals surface area contributed by atoms with E-state index in [1.54, 1.807) is 14.2 Å². The number of ether oxygens (including phenoxy) is 4. The van der Waals surface area contributed by atoms with Crippen molar-refractivity contribution in [2.24, 2.45) is 0 Å². The van der Waals surface area contributed by atoms with Crippen LogP contribution in [0.15, 0.2) is 24.3 Å². The van der Waals surface area contributed by atoms with Crippen molar-refractivity contribution in [3.8, 4) is 11.5 Å². The highest BCUT2D eigenvalue weighted by Crippen LogP contribution is 2.48. The van der Waals surface area contributed by atoms with E-state index in [0.717, 1.165) is 33.2 Å². The van der Waals surface area contributed by atoms with Crippen LogP contribution in [0.1, 0.15) is 52.7 Å². The summed E-state index contributed by atoms with van der Waals surface area (Å²) in [5.41, 5.74) is 1.63. The summed E-state index contributed by atoms with van der Waals surface area (Å²) in [7, 11) is 6.18. The van der Waals surface area contributed by atoms with Crippen LogP contribution in [-0.2, 0) is 20.3 Å². The number of hydrogen-bond donors (Lipinski definition) is 0. The first-order chi connectivity index (χ1) is 15.7. The molecule has 5 nitrogen and oxygen atoms in total. The van der Waals surface area contributed by atoms with Crippen molar-refractivity contribution in [1.29, 1.82) is 0 Å². The van der Waals surface area contributed by atoms with Gasteiger partial charge in [-0.3, -0.25) is 4.67 Å². The predicted molar refractivity (Wildman–Crippen MR) is 145 cm³/mol. The van der Waals surface area contributed by atoms with Crippen LogP contribution in [0, 0.1) is 0 Å². The van der Waals surface area contributed by atoms with Crippen molar-refractivity contribution in [2.45, 2.75) is 52.4 Å². The van der Waals surface area contributed by atoms with Gasteiger partial charge in [0.15, 0.2) is 13.6 Å². The Morgan fingerprint density at radius 1 is 0.706 bits per heavy atom. The van der Waals surface area contributed by atoms with Crippen LogP contribution in [0.25, 0.3) is 0 Å². The number of halogens is 2. The first-order valence-electron chi connectivity index (χ1n) is 11.1. The van der Waals surface area contributed by atoms with Gasteiger partial charge in [-0.15, -0.1) is 0 Å². The van der Waals surface area contributed by atoms with Gasteiger partial charge in [0.05, 0.1) is 0 Å². The third kappa shape index (κ3) is 7.00. The molecule has 2 aromatic carbocycles. The second-order valence-electron chi connectivity index (χ2n) is 10.4. The maximum atomic E-state index is 6.68. The summed E-state index contributed by atoms with van der Waals surface area (Å²) < 4.78 is 25.2. The van der Waals surface area contributed by atoms with Gasteiger partial charge in [0.25, 0.3) is 0 Å². The molecule has 0 fully saturated rings. The molecule has 8 heteroatoms. The zero-order valence-corrected chi connectivity index (χ0v) is 24.4. The first-order valence-corrected chi connectivity index (χ1v) is 13.2. The molecule has 0 aliphatic carbocycles. The molecule has 0 atom stereocenters. The Labute approximate surface area is 216 Å². The standard InChI is InChI=1S/C26H38Cl2NO4P/c1-25(2,3)19-11-17(27)13-21(23(19)32-15-30-9)34(29(7)8)22-14-18(28)12-20(26(4,5)6)24(22)33-16-31-10/h11-14H,15-16H2,1-10H3. The zero-order valence-electron chi connectivity index (χ0n) is 22.0. The number of nitrogens with zero attached hydrogens (tertiary/aromatic N) is 1. The third-order valence-electron chi connectivity index (χ3n) is 5.18. The van der Waals surface area contributed by atoms with Crippen LogP contribution < -0.4 is 20.1 Å². The number of methoxy groups -OCH3 is 2. The minimum Gasteiger partial charge on any atom is -0.467 e. The molecule has 0 radical (unpaired) electrons. The van der Waals surface area contributed by atoms with E-state index in [-0.39, 0.29) is 24.4 Å². The second kappa shape index (κ2) is 11.8. The minimum absolute atomic E-state index is 0.129. The van der Waals surface area contributed by atoms with E-state index in [0.29, 0.717) is 10.0 Å². The van der Waals surface area contributed by atoms with Gasteiger partial charge in [-0.25, -0.2) is 0 Å². The molecule has 0 unspecified atom stereocenters. The summed E-state index contributed by atoms with van der Waals surface area (Å²) in [6.45, 7) is 13.1. The van der Waals surface area contributed by atoms with Gasteiger partial charge >= 0.3 is 0 Å². The van der Waals surface area contributed by atoms with E-state index < -0.39 is 8.07 Å². The number of hydrogen-bond acceptors (Lipinski definition) is 5. The van der Waals surface area contributed by atoms with Crippen LogP contribution in [0.2, 0.25) is 10.0 Å². The van der Waals surface area contributed by atoms with Gasteiger partial charge in [-0.05, 0) is 49.2 Å². The molecule has 2 aromatic rings. The van der Waals surface area contributed by atoms with Gasteiger partial charge in [0.2, 0.25) is 0 Å². The fourth-order valence-corrected chi connectivity index (χ4v) is 6.67. The van der Waals surface area contributed by atoms with Gasteiger partial charge in [-0.2, -0.15) is 0 Å². The van der Waals surface area contributed by atoms with E-state index in [4.69, 9.17) is 42.1 Å².